The van der Waals surface area contributed by atoms with Crippen LogP contribution in [0.5, 0.6) is 5.75 Å². The molecule has 0 aliphatic heterocycles. The Hall–Kier alpha value is -4.13. The fourth-order valence-electron chi connectivity index (χ4n) is 3.87. The number of anilines is 1. The monoisotopic (exact) mass is 456 g/mol. The first-order valence-corrected chi connectivity index (χ1v) is 11.3. The molecule has 4 rings (SSSR count). The SMILES string of the molecule is CCN(CC)c1nc2cc(C(=O)NCc3ccc(OC)cc3)ccc2c(=O)n1-c1ccccc1. The molecule has 0 aliphatic carbocycles. The summed E-state index contributed by atoms with van der Waals surface area (Å²) in [5, 5.41) is 3.39. The molecule has 0 spiro atoms. The Morgan fingerprint density at radius 3 is 2.35 bits per heavy atom. The molecule has 3 aromatic carbocycles. The Labute approximate surface area is 198 Å². The van der Waals surface area contributed by atoms with E-state index in [4.69, 9.17) is 9.72 Å². The Bertz CT molecular complexity index is 1340. The molecule has 34 heavy (non-hydrogen) atoms. The van der Waals surface area contributed by atoms with Gasteiger partial charge in [0.2, 0.25) is 5.95 Å². The zero-order valence-electron chi connectivity index (χ0n) is 19.6. The van der Waals surface area contributed by atoms with E-state index in [9.17, 15) is 9.59 Å². The predicted molar refractivity (Wildman–Crippen MR) is 135 cm³/mol. The second-order valence-corrected chi connectivity index (χ2v) is 7.82. The van der Waals surface area contributed by atoms with Gasteiger partial charge in [0.1, 0.15) is 5.75 Å². The van der Waals surface area contributed by atoms with Crippen LogP contribution in [0, 0.1) is 0 Å². The highest BCUT2D eigenvalue weighted by Crippen LogP contribution is 2.20. The van der Waals surface area contributed by atoms with Crippen LogP contribution < -0.4 is 20.5 Å². The molecule has 0 bridgehead atoms. The van der Waals surface area contributed by atoms with Gasteiger partial charge in [0.05, 0.1) is 23.7 Å². The Kier molecular flexibility index (Phi) is 6.92. The second kappa shape index (κ2) is 10.2. The van der Waals surface area contributed by atoms with Gasteiger partial charge in [-0.2, -0.15) is 0 Å². The zero-order chi connectivity index (χ0) is 24.1. The summed E-state index contributed by atoms with van der Waals surface area (Å²) >= 11 is 0. The maximum absolute atomic E-state index is 13.5. The van der Waals surface area contributed by atoms with E-state index in [1.165, 1.54) is 0 Å². The van der Waals surface area contributed by atoms with Crippen LogP contribution in [0.3, 0.4) is 0 Å². The number of nitrogens with zero attached hydrogens (tertiary/aromatic N) is 3. The summed E-state index contributed by atoms with van der Waals surface area (Å²) < 4.78 is 6.81. The molecule has 0 saturated heterocycles. The van der Waals surface area contributed by atoms with Gasteiger partial charge in [-0.05, 0) is 61.9 Å². The minimum absolute atomic E-state index is 0.164. The number of nitrogens with one attached hydrogen (secondary N) is 1. The molecule has 0 fully saturated rings. The quantitative estimate of drug-likeness (QED) is 0.431. The predicted octanol–water partition coefficient (Wildman–Crippen LogP) is 4.17. The highest BCUT2D eigenvalue weighted by molar-refractivity contribution is 5.97. The van der Waals surface area contributed by atoms with Crippen molar-refractivity contribution in [1.29, 1.82) is 0 Å². The number of amides is 1. The first kappa shape index (κ1) is 23.0. The van der Waals surface area contributed by atoms with Crippen LogP contribution in [-0.2, 0) is 6.54 Å². The molecule has 0 radical (unpaired) electrons. The average molecular weight is 457 g/mol. The lowest BCUT2D eigenvalue weighted by Gasteiger charge is -2.24. The Morgan fingerprint density at radius 1 is 1.00 bits per heavy atom. The van der Waals surface area contributed by atoms with E-state index in [0.29, 0.717) is 42.0 Å². The third kappa shape index (κ3) is 4.64. The summed E-state index contributed by atoms with van der Waals surface area (Å²) in [4.78, 5) is 33.2. The standard InChI is InChI=1S/C27H28N4O3/c1-4-30(5-2)27-29-24-17-20(25(32)28-18-19-11-14-22(34-3)15-12-19)13-16-23(24)26(33)31(27)21-9-7-6-8-10-21/h6-17H,4-5,18H2,1-3H3,(H,28,32). The Balaban J connectivity index is 1.70. The maximum Gasteiger partial charge on any atom is 0.267 e. The smallest absolute Gasteiger partial charge is 0.267 e. The summed E-state index contributed by atoms with van der Waals surface area (Å²) in [6.45, 7) is 5.83. The van der Waals surface area contributed by atoms with Crippen molar-refractivity contribution >= 4 is 22.8 Å². The summed E-state index contributed by atoms with van der Waals surface area (Å²) in [7, 11) is 1.62. The molecule has 7 heteroatoms. The minimum Gasteiger partial charge on any atom is -0.497 e. The van der Waals surface area contributed by atoms with E-state index in [0.717, 1.165) is 17.0 Å². The van der Waals surface area contributed by atoms with E-state index in [1.54, 1.807) is 29.9 Å². The van der Waals surface area contributed by atoms with Gasteiger partial charge in [-0.25, -0.2) is 9.55 Å². The molecule has 1 aromatic heterocycles. The average Bonchev–Trinajstić information content (AvgIpc) is 2.88. The molecule has 1 N–H and O–H groups in total. The normalized spacial score (nSPS) is 10.8. The van der Waals surface area contributed by atoms with Gasteiger partial charge in [0.25, 0.3) is 11.5 Å². The number of methoxy groups -OCH3 is 1. The first-order chi connectivity index (χ1) is 16.5. The van der Waals surface area contributed by atoms with Crippen molar-refractivity contribution in [3.8, 4) is 11.4 Å². The summed E-state index contributed by atoms with van der Waals surface area (Å²) in [5.41, 5.74) is 2.50. The summed E-state index contributed by atoms with van der Waals surface area (Å²) in [6.07, 6.45) is 0. The number of para-hydroxylation sites is 1. The number of hydrogen-bond donors (Lipinski definition) is 1. The fraction of sp³-hybridized carbons (Fsp3) is 0.222. The van der Waals surface area contributed by atoms with Crippen molar-refractivity contribution in [2.75, 3.05) is 25.1 Å². The van der Waals surface area contributed by atoms with Crippen LogP contribution in [0.15, 0.2) is 77.6 Å². The fourth-order valence-corrected chi connectivity index (χ4v) is 3.87. The van der Waals surface area contributed by atoms with Crippen LogP contribution in [0.25, 0.3) is 16.6 Å². The molecule has 1 heterocycles. The largest absolute Gasteiger partial charge is 0.497 e. The number of rotatable bonds is 8. The van der Waals surface area contributed by atoms with Crippen molar-refractivity contribution in [2.45, 2.75) is 20.4 Å². The van der Waals surface area contributed by atoms with Crippen LogP contribution in [0.2, 0.25) is 0 Å². The first-order valence-electron chi connectivity index (χ1n) is 11.3. The van der Waals surface area contributed by atoms with Crippen molar-refractivity contribution < 1.29 is 9.53 Å². The lowest BCUT2D eigenvalue weighted by molar-refractivity contribution is 0.0951. The minimum atomic E-state index is -0.226. The molecular weight excluding hydrogens is 428 g/mol. The molecular formula is C27H28N4O3. The maximum atomic E-state index is 13.5. The number of benzene rings is 3. The van der Waals surface area contributed by atoms with E-state index in [1.807, 2.05) is 73.3 Å². The van der Waals surface area contributed by atoms with Crippen molar-refractivity contribution in [3.63, 3.8) is 0 Å². The molecule has 0 aliphatic rings. The van der Waals surface area contributed by atoms with Crippen molar-refractivity contribution in [3.05, 3.63) is 94.3 Å². The molecule has 4 aromatic rings. The number of ether oxygens (including phenoxy) is 1. The molecule has 174 valence electrons. The van der Waals surface area contributed by atoms with Gasteiger partial charge in [0.15, 0.2) is 0 Å². The van der Waals surface area contributed by atoms with Crippen molar-refractivity contribution in [1.82, 2.24) is 14.9 Å². The van der Waals surface area contributed by atoms with Gasteiger partial charge in [-0.1, -0.05) is 30.3 Å². The highest BCUT2D eigenvalue weighted by atomic mass is 16.5. The van der Waals surface area contributed by atoms with E-state index < -0.39 is 0 Å². The lowest BCUT2D eigenvalue weighted by atomic mass is 10.1. The second-order valence-electron chi connectivity index (χ2n) is 7.82. The zero-order valence-corrected chi connectivity index (χ0v) is 19.6. The molecule has 7 nitrogen and oxygen atoms in total. The molecule has 0 unspecified atom stereocenters. The van der Waals surface area contributed by atoms with Gasteiger partial charge in [0, 0.05) is 25.2 Å². The van der Waals surface area contributed by atoms with Crippen LogP contribution >= 0.6 is 0 Å². The van der Waals surface area contributed by atoms with Gasteiger partial charge >= 0.3 is 0 Å². The number of carbonyl (C=O) groups excluding carboxylic acids is 1. The van der Waals surface area contributed by atoms with Gasteiger partial charge < -0.3 is 15.0 Å². The third-order valence-electron chi connectivity index (χ3n) is 5.79. The van der Waals surface area contributed by atoms with Crippen LogP contribution in [0.4, 0.5) is 5.95 Å². The molecule has 0 saturated carbocycles. The third-order valence-corrected chi connectivity index (χ3v) is 5.79. The number of carbonyl (C=O) groups is 1. The summed E-state index contributed by atoms with van der Waals surface area (Å²) in [6, 6.07) is 22.0. The van der Waals surface area contributed by atoms with Gasteiger partial charge in [-0.3, -0.25) is 9.59 Å². The van der Waals surface area contributed by atoms with E-state index in [-0.39, 0.29) is 11.5 Å². The lowest BCUT2D eigenvalue weighted by Crippen LogP contribution is -2.32. The van der Waals surface area contributed by atoms with E-state index >= 15 is 0 Å². The van der Waals surface area contributed by atoms with E-state index in [2.05, 4.69) is 5.32 Å². The van der Waals surface area contributed by atoms with Crippen LogP contribution in [0.1, 0.15) is 29.8 Å². The number of aromatic nitrogens is 2. The highest BCUT2D eigenvalue weighted by Gasteiger charge is 2.18. The van der Waals surface area contributed by atoms with Crippen molar-refractivity contribution in [2.24, 2.45) is 0 Å². The van der Waals surface area contributed by atoms with Gasteiger partial charge in [-0.15, -0.1) is 0 Å². The number of fused-ring (bicyclic) bond motifs is 1. The molecule has 0 atom stereocenters. The summed E-state index contributed by atoms with van der Waals surface area (Å²) in [5.74, 6) is 1.10. The molecule has 1 amide bonds. The number of hydrogen-bond acceptors (Lipinski definition) is 5. The topological polar surface area (TPSA) is 76.5 Å². The Morgan fingerprint density at radius 2 is 1.71 bits per heavy atom. The van der Waals surface area contributed by atoms with Crippen LogP contribution in [-0.4, -0.2) is 35.7 Å².